The number of fused-ring (bicyclic) bond motifs is 1. The molecule has 1 fully saturated rings. The van der Waals surface area contributed by atoms with Gasteiger partial charge in [0.2, 0.25) is 5.95 Å². The molecule has 1 atom stereocenters. The molecule has 1 amide bonds. The lowest BCUT2D eigenvalue weighted by molar-refractivity contribution is -0.144. The van der Waals surface area contributed by atoms with E-state index in [2.05, 4.69) is 30.6 Å². The van der Waals surface area contributed by atoms with E-state index in [4.69, 9.17) is 0 Å². The Kier molecular flexibility index (Phi) is 7.44. The Morgan fingerprint density at radius 3 is 2.37 bits per heavy atom. The van der Waals surface area contributed by atoms with Crippen LogP contribution in [-0.2, 0) is 19.0 Å². The van der Waals surface area contributed by atoms with Gasteiger partial charge >= 0.3 is 6.18 Å². The van der Waals surface area contributed by atoms with Crippen molar-refractivity contribution in [2.75, 3.05) is 23.7 Å². The lowest BCUT2D eigenvalue weighted by Crippen LogP contribution is -2.32. The third kappa shape index (κ3) is 6.09. The molecule has 41 heavy (non-hydrogen) atoms. The number of likely N-dealkylation sites (tertiary alicyclic amines) is 1. The van der Waals surface area contributed by atoms with Crippen molar-refractivity contribution in [3.05, 3.63) is 89.4 Å². The number of benzene rings is 2. The monoisotopic (exact) mass is 561 g/mol. The number of rotatable bonds is 6. The minimum atomic E-state index is -4.76. The number of amides is 1. The molecule has 0 radical (unpaired) electrons. The van der Waals surface area contributed by atoms with Crippen molar-refractivity contribution in [2.45, 2.75) is 50.7 Å². The van der Waals surface area contributed by atoms with Gasteiger partial charge in [0.1, 0.15) is 5.69 Å². The number of para-hydroxylation sites is 1. The Bertz CT molecular complexity index is 1530. The lowest BCUT2D eigenvalue weighted by Gasteiger charge is -2.25. The molecule has 1 saturated heterocycles. The van der Waals surface area contributed by atoms with E-state index < -0.39 is 17.9 Å². The molecule has 0 spiro atoms. The summed E-state index contributed by atoms with van der Waals surface area (Å²) in [4.78, 5) is 23.4. The Hall–Kier alpha value is -4.25. The maximum Gasteiger partial charge on any atom is 0.453 e. The molecule has 0 saturated carbocycles. The maximum atomic E-state index is 13.7. The topological polar surface area (TPSA) is 88.0 Å². The minimum absolute atomic E-state index is 0.0268. The first kappa shape index (κ1) is 26.9. The molecule has 2 aromatic carbocycles. The Balaban J connectivity index is 1.26. The molecule has 6 rings (SSSR count). The van der Waals surface area contributed by atoms with Crippen molar-refractivity contribution in [1.82, 2.24) is 24.6 Å². The molecule has 2 aliphatic rings. The summed E-state index contributed by atoms with van der Waals surface area (Å²) in [5.41, 5.74) is 3.68. The van der Waals surface area contributed by atoms with Crippen LogP contribution in [0, 0.1) is 0 Å². The molecule has 4 aromatic rings. The van der Waals surface area contributed by atoms with Crippen LogP contribution in [0.3, 0.4) is 0 Å². The van der Waals surface area contributed by atoms with Crippen molar-refractivity contribution in [3.63, 3.8) is 0 Å². The number of carbonyl (C=O) groups is 1. The van der Waals surface area contributed by atoms with Gasteiger partial charge in [0.05, 0.1) is 0 Å². The van der Waals surface area contributed by atoms with E-state index in [-0.39, 0.29) is 17.5 Å². The molecular weight excluding hydrogens is 531 g/mol. The number of aryl methyl sites for hydroxylation is 2. The second-order valence-electron chi connectivity index (χ2n) is 10.5. The molecule has 1 unspecified atom stereocenters. The van der Waals surface area contributed by atoms with Crippen LogP contribution >= 0.6 is 0 Å². The van der Waals surface area contributed by atoms with E-state index in [9.17, 15) is 18.0 Å². The van der Waals surface area contributed by atoms with Gasteiger partial charge in [-0.2, -0.15) is 22.8 Å². The van der Waals surface area contributed by atoms with Crippen LogP contribution in [0.4, 0.5) is 30.5 Å². The van der Waals surface area contributed by atoms with Gasteiger partial charge < -0.3 is 15.5 Å². The average Bonchev–Trinajstić information content (AvgIpc) is 3.61. The van der Waals surface area contributed by atoms with Crippen molar-refractivity contribution in [2.24, 2.45) is 0 Å². The number of halogens is 3. The molecule has 212 valence electrons. The molecule has 1 aliphatic heterocycles. The zero-order chi connectivity index (χ0) is 28.4. The van der Waals surface area contributed by atoms with Crippen LogP contribution in [0.15, 0.2) is 66.7 Å². The van der Waals surface area contributed by atoms with E-state index in [0.29, 0.717) is 17.4 Å². The number of alkyl halides is 3. The lowest BCUT2D eigenvalue weighted by atomic mass is 10.0. The van der Waals surface area contributed by atoms with Crippen LogP contribution < -0.4 is 10.6 Å². The Morgan fingerprint density at radius 1 is 0.854 bits per heavy atom. The van der Waals surface area contributed by atoms with Crippen LogP contribution in [0.1, 0.15) is 53.1 Å². The number of hydrogen-bond donors (Lipinski definition) is 2. The Morgan fingerprint density at radius 2 is 1.61 bits per heavy atom. The van der Waals surface area contributed by atoms with Crippen molar-refractivity contribution >= 4 is 23.2 Å². The molecule has 3 heterocycles. The fourth-order valence-electron chi connectivity index (χ4n) is 5.63. The van der Waals surface area contributed by atoms with Gasteiger partial charge in [0.15, 0.2) is 5.82 Å². The molecule has 0 bridgehead atoms. The van der Waals surface area contributed by atoms with Gasteiger partial charge in [-0.25, -0.2) is 4.98 Å². The van der Waals surface area contributed by atoms with Gasteiger partial charge in [0, 0.05) is 17.4 Å². The van der Waals surface area contributed by atoms with Crippen LogP contribution in [-0.4, -0.2) is 49.7 Å². The van der Waals surface area contributed by atoms with Crippen molar-refractivity contribution in [3.8, 4) is 5.82 Å². The number of aromatic nitrogens is 4. The van der Waals surface area contributed by atoms with Gasteiger partial charge in [-0.15, -0.1) is 5.10 Å². The highest BCUT2D eigenvalue weighted by atomic mass is 19.4. The van der Waals surface area contributed by atoms with Gasteiger partial charge in [-0.3, -0.25) is 4.79 Å². The molecule has 2 aromatic heterocycles. The van der Waals surface area contributed by atoms with Crippen LogP contribution in [0.25, 0.3) is 5.82 Å². The zero-order valence-corrected chi connectivity index (χ0v) is 22.4. The molecule has 11 heteroatoms. The quantitative estimate of drug-likeness (QED) is 0.280. The number of hydrogen-bond acceptors (Lipinski definition) is 6. The van der Waals surface area contributed by atoms with Crippen LogP contribution in [0.5, 0.6) is 0 Å². The summed E-state index contributed by atoms with van der Waals surface area (Å²) in [7, 11) is 0. The maximum absolute atomic E-state index is 13.7. The first-order valence-corrected chi connectivity index (χ1v) is 13.8. The molecule has 1 aliphatic carbocycles. The zero-order valence-electron chi connectivity index (χ0n) is 22.4. The largest absolute Gasteiger partial charge is 0.453 e. The predicted molar refractivity (Wildman–Crippen MR) is 150 cm³/mol. The molecule has 2 N–H and O–H groups in total. The van der Waals surface area contributed by atoms with Crippen molar-refractivity contribution < 1.29 is 18.0 Å². The number of pyridine rings is 1. The summed E-state index contributed by atoms with van der Waals surface area (Å²) in [6.45, 7) is 2.32. The van der Waals surface area contributed by atoms with E-state index in [1.54, 1.807) is 30.3 Å². The van der Waals surface area contributed by atoms with E-state index in [1.165, 1.54) is 36.1 Å². The first-order valence-electron chi connectivity index (χ1n) is 13.8. The summed E-state index contributed by atoms with van der Waals surface area (Å²) >= 11 is 0. The second-order valence-corrected chi connectivity index (χ2v) is 10.5. The second kappa shape index (κ2) is 11.3. The number of nitrogens with one attached hydrogen (secondary N) is 2. The molecule has 8 nitrogen and oxygen atoms in total. The predicted octanol–water partition coefficient (Wildman–Crippen LogP) is 6.02. The average molecular weight is 562 g/mol. The van der Waals surface area contributed by atoms with Gasteiger partial charge in [0.25, 0.3) is 11.7 Å². The fourth-order valence-corrected chi connectivity index (χ4v) is 5.63. The third-order valence-corrected chi connectivity index (χ3v) is 7.69. The Labute approximate surface area is 235 Å². The minimum Gasteiger partial charge on any atom is -0.324 e. The summed E-state index contributed by atoms with van der Waals surface area (Å²) in [6, 6.07) is 19.8. The SMILES string of the molecule is O=C(Nc1ccccc1)c1cccc(-n2nc(C(F)(F)F)nc2Nc2ccc3c(c2)CCC(N2CCCC2)CC3)n1. The van der Waals surface area contributed by atoms with Crippen molar-refractivity contribution in [1.29, 1.82) is 0 Å². The highest BCUT2D eigenvalue weighted by molar-refractivity contribution is 6.02. The smallest absolute Gasteiger partial charge is 0.324 e. The summed E-state index contributed by atoms with van der Waals surface area (Å²) < 4.78 is 42.0. The highest BCUT2D eigenvalue weighted by Crippen LogP contribution is 2.31. The summed E-state index contributed by atoms with van der Waals surface area (Å²) in [5.74, 6) is -1.92. The summed E-state index contributed by atoms with van der Waals surface area (Å²) in [6.07, 6.45) is 1.82. The molecular formula is C30H30F3N7O. The first-order chi connectivity index (χ1) is 19.8. The number of nitrogens with zero attached hydrogens (tertiary/aromatic N) is 5. The third-order valence-electron chi connectivity index (χ3n) is 7.69. The number of anilines is 3. The van der Waals surface area contributed by atoms with Gasteiger partial charge in [-0.1, -0.05) is 30.3 Å². The van der Waals surface area contributed by atoms with E-state index >= 15 is 0 Å². The normalized spacial score (nSPS) is 17.6. The summed E-state index contributed by atoms with van der Waals surface area (Å²) in [5, 5.41) is 9.46. The fraction of sp³-hybridized carbons (Fsp3) is 0.333. The van der Waals surface area contributed by atoms with Crippen LogP contribution in [0.2, 0.25) is 0 Å². The van der Waals surface area contributed by atoms with E-state index in [1.807, 2.05) is 24.3 Å². The van der Waals surface area contributed by atoms with Gasteiger partial charge in [-0.05, 0) is 99.1 Å². The standard InChI is InChI=1S/C30H30F3N7O/c31-30(32,33)28-37-29(35-23-14-11-20-12-15-24(16-13-21(20)19-23)39-17-4-5-18-39)40(38-28)26-10-6-9-25(36-26)27(41)34-22-7-2-1-3-8-22/h1-3,6-11,14,19,24H,4-5,12-13,15-18H2,(H,34,41)(H,35,37,38). The van der Waals surface area contributed by atoms with E-state index in [0.717, 1.165) is 43.5 Å². The number of carbonyl (C=O) groups excluding carboxylic acids is 1. The highest BCUT2D eigenvalue weighted by Gasteiger charge is 2.37.